The average Bonchev–Trinajstić information content (AvgIpc) is 2.46. The minimum Gasteiger partial charge on any atom is -0.330 e. The standard InChI is InChI=1S/C16H20ClN3/c17-15-7-9-19-16(11-15)13-20(10-4-8-18)12-14-5-2-1-3-6-14/h1-3,5-7,9,11H,4,8,10,12-13,18H2. The van der Waals surface area contributed by atoms with Gasteiger partial charge in [0.15, 0.2) is 0 Å². The highest BCUT2D eigenvalue weighted by molar-refractivity contribution is 6.30. The predicted molar refractivity (Wildman–Crippen MR) is 83.5 cm³/mol. The Morgan fingerprint density at radius 1 is 1.10 bits per heavy atom. The Hall–Kier alpha value is -1.42. The Kier molecular flexibility index (Phi) is 5.99. The van der Waals surface area contributed by atoms with Crippen LogP contribution in [0, 0.1) is 0 Å². The third-order valence-electron chi connectivity index (χ3n) is 3.09. The molecule has 0 amide bonds. The summed E-state index contributed by atoms with van der Waals surface area (Å²) in [4.78, 5) is 6.72. The smallest absolute Gasteiger partial charge is 0.0558 e. The quantitative estimate of drug-likeness (QED) is 0.852. The van der Waals surface area contributed by atoms with Gasteiger partial charge in [0.1, 0.15) is 0 Å². The number of hydrogen-bond acceptors (Lipinski definition) is 3. The highest BCUT2D eigenvalue weighted by Gasteiger charge is 2.08. The topological polar surface area (TPSA) is 42.1 Å². The van der Waals surface area contributed by atoms with Gasteiger partial charge in [-0.25, -0.2) is 0 Å². The van der Waals surface area contributed by atoms with Crippen LogP contribution in [0.5, 0.6) is 0 Å². The fourth-order valence-electron chi connectivity index (χ4n) is 2.13. The summed E-state index contributed by atoms with van der Waals surface area (Å²) < 4.78 is 0. The third kappa shape index (κ3) is 4.93. The Morgan fingerprint density at radius 3 is 2.60 bits per heavy atom. The van der Waals surface area contributed by atoms with E-state index in [-0.39, 0.29) is 0 Å². The van der Waals surface area contributed by atoms with E-state index in [0.717, 1.165) is 36.8 Å². The molecule has 0 spiro atoms. The van der Waals surface area contributed by atoms with Crippen LogP contribution in [0.2, 0.25) is 5.02 Å². The number of benzene rings is 1. The molecule has 0 atom stereocenters. The lowest BCUT2D eigenvalue weighted by Crippen LogP contribution is -2.26. The van der Waals surface area contributed by atoms with Crippen LogP contribution in [0.25, 0.3) is 0 Å². The van der Waals surface area contributed by atoms with E-state index in [1.807, 2.05) is 12.1 Å². The fourth-order valence-corrected chi connectivity index (χ4v) is 2.32. The highest BCUT2D eigenvalue weighted by Crippen LogP contribution is 2.12. The highest BCUT2D eigenvalue weighted by atomic mass is 35.5. The zero-order valence-electron chi connectivity index (χ0n) is 11.5. The Balaban J connectivity index is 2.03. The molecule has 1 aromatic heterocycles. The van der Waals surface area contributed by atoms with E-state index in [1.54, 1.807) is 12.3 Å². The summed E-state index contributed by atoms with van der Waals surface area (Å²) in [7, 11) is 0. The summed E-state index contributed by atoms with van der Waals surface area (Å²) >= 11 is 6.01. The van der Waals surface area contributed by atoms with Crippen molar-refractivity contribution in [3.05, 3.63) is 64.9 Å². The lowest BCUT2D eigenvalue weighted by molar-refractivity contribution is 0.252. The molecule has 2 N–H and O–H groups in total. The predicted octanol–water partition coefficient (Wildman–Crippen LogP) is 3.09. The fraction of sp³-hybridized carbons (Fsp3) is 0.312. The second-order valence-electron chi connectivity index (χ2n) is 4.80. The summed E-state index contributed by atoms with van der Waals surface area (Å²) in [5.41, 5.74) is 7.91. The Morgan fingerprint density at radius 2 is 1.90 bits per heavy atom. The van der Waals surface area contributed by atoms with Crippen molar-refractivity contribution >= 4 is 11.6 Å². The molecule has 0 fully saturated rings. The Bertz CT molecular complexity index is 516. The van der Waals surface area contributed by atoms with Crippen LogP contribution in [0.4, 0.5) is 0 Å². The lowest BCUT2D eigenvalue weighted by atomic mass is 10.2. The molecule has 0 aliphatic carbocycles. The van der Waals surface area contributed by atoms with Gasteiger partial charge >= 0.3 is 0 Å². The van der Waals surface area contributed by atoms with Crippen molar-refractivity contribution in [3.8, 4) is 0 Å². The van der Waals surface area contributed by atoms with Crippen molar-refractivity contribution in [3.63, 3.8) is 0 Å². The number of aromatic nitrogens is 1. The summed E-state index contributed by atoms with van der Waals surface area (Å²) in [6.45, 7) is 3.35. The zero-order chi connectivity index (χ0) is 14.2. The maximum atomic E-state index is 6.01. The summed E-state index contributed by atoms with van der Waals surface area (Å²) in [5.74, 6) is 0. The van der Waals surface area contributed by atoms with Crippen molar-refractivity contribution in [1.82, 2.24) is 9.88 Å². The van der Waals surface area contributed by atoms with Gasteiger partial charge in [-0.1, -0.05) is 41.9 Å². The van der Waals surface area contributed by atoms with Gasteiger partial charge in [-0.2, -0.15) is 0 Å². The number of nitrogens with zero attached hydrogens (tertiary/aromatic N) is 2. The molecular formula is C16H20ClN3. The third-order valence-corrected chi connectivity index (χ3v) is 3.33. The van der Waals surface area contributed by atoms with Crippen molar-refractivity contribution < 1.29 is 0 Å². The van der Waals surface area contributed by atoms with Gasteiger partial charge in [-0.15, -0.1) is 0 Å². The summed E-state index contributed by atoms with van der Waals surface area (Å²) in [6.07, 6.45) is 2.73. The summed E-state index contributed by atoms with van der Waals surface area (Å²) in [5, 5.41) is 0.730. The monoisotopic (exact) mass is 289 g/mol. The van der Waals surface area contributed by atoms with Crippen LogP contribution >= 0.6 is 11.6 Å². The number of hydrogen-bond donors (Lipinski definition) is 1. The molecule has 0 radical (unpaired) electrons. The lowest BCUT2D eigenvalue weighted by Gasteiger charge is -2.22. The van der Waals surface area contributed by atoms with Crippen LogP contribution < -0.4 is 5.73 Å². The molecule has 2 rings (SSSR count). The van der Waals surface area contributed by atoms with Crippen molar-refractivity contribution in [2.45, 2.75) is 19.5 Å². The zero-order valence-corrected chi connectivity index (χ0v) is 12.3. The van der Waals surface area contributed by atoms with E-state index in [4.69, 9.17) is 17.3 Å². The molecule has 0 saturated carbocycles. The van der Waals surface area contributed by atoms with E-state index in [0.29, 0.717) is 6.54 Å². The van der Waals surface area contributed by atoms with Crippen LogP contribution in [0.15, 0.2) is 48.7 Å². The molecule has 0 unspecified atom stereocenters. The largest absolute Gasteiger partial charge is 0.330 e. The molecule has 106 valence electrons. The Labute approximate surface area is 125 Å². The molecular weight excluding hydrogens is 270 g/mol. The summed E-state index contributed by atoms with van der Waals surface area (Å²) in [6, 6.07) is 14.2. The van der Waals surface area contributed by atoms with Gasteiger partial charge in [-0.05, 0) is 30.7 Å². The van der Waals surface area contributed by atoms with Crippen molar-refractivity contribution in [1.29, 1.82) is 0 Å². The van der Waals surface area contributed by atoms with Crippen LogP contribution in [0.3, 0.4) is 0 Å². The molecule has 20 heavy (non-hydrogen) atoms. The van der Waals surface area contributed by atoms with Gasteiger partial charge in [-0.3, -0.25) is 9.88 Å². The van der Waals surface area contributed by atoms with Gasteiger partial charge in [0.05, 0.1) is 5.69 Å². The molecule has 2 aromatic rings. The number of halogens is 1. The van der Waals surface area contributed by atoms with Crippen molar-refractivity contribution in [2.24, 2.45) is 5.73 Å². The van der Waals surface area contributed by atoms with E-state index in [1.165, 1.54) is 5.56 Å². The number of nitrogens with two attached hydrogens (primary N) is 1. The molecule has 3 nitrogen and oxygen atoms in total. The minimum absolute atomic E-state index is 0.703. The molecule has 0 saturated heterocycles. The normalized spacial score (nSPS) is 10.9. The average molecular weight is 290 g/mol. The first-order valence-corrected chi connectivity index (χ1v) is 7.22. The van der Waals surface area contributed by atoms with Crippen LogP contribution in [-0.2, 0) is 13.1 Å². The molecule has 0 aliphatic rings. The molecule has 0 aliphatic heterocycles. The van der Waals surface area contributed by atoms with E-state index >= 15 is 0 Å². The van der Waals surface area contributed by atoms with Gasteiger partial charge in [0, 0.05) is 30.9 Å². The van der Waals surface area contributed by atoms with E-state index in [9.17, 15) is 0 Å². The molecule has 0 bridgehead atoms. The first-order valence-electron chi connectivity index (χ1n) is 6.84. The second-order valence-corrected chi connectivity index (χ2v) is 5.24. The van der Waals surface area contributed by atoms with Crippen molar-refractivity contribution in [2.75, 3.05) is 13.1 Å². The molecule has 1 aromatic carbocycles. The van der Waals surface area contributed by atoms with E-state index < -0.39 is 0 Å². The maximum Gasteiger partial charge on any atom is 0.0558 e. The number of pyridine rings is 1. The van der Waals surface area contributed by atoms with Gasteiger partial charge < -0.3 is 5.73 Å². The van der Waals surface area contributed by atoms with Gasteiger partial charge in [0.2, 0.25) is 0 Å². The first-order chi connectivity index (χ1) is 9.78. The van der Waals surface area contributed by atoms with Gasteiger partial charge in [0.25, 0.3) is 0 Å². The van der Waals surface area contributed by atoms with E-state index in [2.05, 4.69) is 34.1 Å². The van der Waals surface area contributed by atoms with Crippen LogP contribution in [0.1, 0.15) is 17.7 Å². The molecule has 4 heteroatoms. The second kappa shape index (κ2) is 8.00. The van der Waals surface area contributed by atoms with Crippen LogP contribution in [-0.4, -0.2) is 23.0 Å². The first kappa shape index (κ1) is 15.0. The molecule has 1 heterocycles. The number of rotatable bonds is 7. The maximum absolute atomic E-state index is 6.01. The minimum atomic E-state index is 0.703. The SMILES string of the molecule is NCCCN(Cc1ccccc1)Cc1cc(Cl)ccn1.